The lowest BCUT2D eigenvalue weighted by molar-refractivity contribution is -0.117. The molecule has 0 aliphatic carbocycles. The summed E-state index contributed by atoms with van der Waals surface area (Å²) in [5.74, 6) is 0.353. The third-order valence-corrected chi connectivity index (χ3v) is 5.02. The van der Waals surface area contributed by atoms with E-state index >= 15 is 0 Å². The van der Waals surface area contributed by atoms with Crippen molar-refractivity contribution in [2.45, 2.75) is 25.8 Å². The summed E-state index contributed by atoms with van der Waals surface area (Å²) in [5, 5.41) is 2.91. The summed E-state index contributed by atoms with van der Waals surface area (Å²) < 4.78 is 10.9. The molecule has 0 aromatic heterocycles. The van der Waals surface area contributed by atoms with Gasteiger partial charge in [-0.15, -0.1) is 0 Å². The van der Waals surface area contributed by atoms with Crippen LogP contribution in [0.15, 0.2) is 42.5 Å². The van der Waals surface area contributed by atoms with Crippen molar-refractivity contribution < 1.29 is 19.1 Å². The van der Waals surface area contributed by atoms with Crippen LogP contribution in [0.4, 0.5) is 11.4 Å². The van der Waals surface area contributed by atoms with Crippen LogP contribution in [0.3, 0.4) is 0 Å². The molecule has 0 unspecified atom stereocenters. The number of aryl methyl sites for hydroxylation is 1. The zero-order chi connectivity index (χ0) is 18.8. The number of carbonyl (C=O) groups is 2. The molecule has 1 atom stereocenters. The number of amides is 1. The average Bonchev–Trinajstić information content (AvgIpc) is 3.17. The summed E-state index contributed by atoms with van der Waals surface area (Å²) in [4.78, 5) is 26.6. The van der Waals surface area contributed by atoms with E-state index in [4.69, 9.17) is 9.47 Å². The molecule has 2 heterocycles. The number of esters is 1. The molecule has 1 N–H and O–H groups in total. The van der Waals surface area contributed by atoms with Crippen molar-refractivity contribution in [1.29, 1.82) is 0 Å². The second-order valence-electron chi connectivity index (χ2n) is 6.82. The second-order valence-corrected chi connectivity index (χ2v) is 6.82. The SMILES string of the molecule is Cc1ccccc1OCCOC(=O)c1ccc2c(c1)NC(=O)[C@H]1CCCN21. The number of hydrogen-bond donors (Lipinski definition) is 1. The molecule has 2 aromatic carbocycles. The molecule has 2 aromatic rings. The van der Waals surface area contributed by atoms with Gasteiger partial charge >= 0.3 is 5.97 Å². The van der Waals surface area contributed by atoms with Crippen LogP contribution in [0.2, 0.25) is 0 Å². The summed E-state index contributed by atoms with van der Waals surface area (Å²) in [5.41, 5.74) is 3.09. The standard InChI is InChI=1S/C21H22N2O4/c1-14-5-2-3-7-19(14)26-11-12-27-21(25)15-8-9-17-16(13-15)22-20(24)18-6-4-10-23(17)18/h2-3,5,7-9,13,18H,4,6,10-12H2,1H3,(H,22,24)/t18-/m1/s1. The molecular weight excluding hydrogens is 344 g/mol. The third kappa shape index (κ3) is 3.47. The highest BCUT2D eigenvalue weighted by molar-refractivity contribution is 6.05. The van der Waals surface area contributed by atoms with E-state index < -0.39 is 5.97 Å². The first-order valence-corrected chi connectivity index (χ1v) is 9.20. The van der Waals surface area contributed by atoms with Crippen molar-refractivity contribution in [1.82, 2.24) is 0 Å². The maximum Gasteiger partial charge on any atom is 0.338 e. The summed E-state index contributed by atoms with van der Waals surface area (Å²) in [6.07, 6.45) is 1.87. The lowest BCUT2D eigenvalue weighted by Gasteiger charge is -2.33. The number of fused-ring (bicyclic) bond motifs is 3. The smallest absolute Gasteiger partial charge is 0.338 e. The number of hydrogen-bond acceptors (Lipinski definition) is 5. The van der Waals surface area contributed by atoms with Gasteiger partial charge in [0.1, 0.15) is 25.0 Å². The lowest BCUT2D eigenvalue weighted by atomic mass is 10.1. The molecule has 1 amide bonds. The Labute approximate surface area is 158 Å². The summed E-state index contributed by atoms with van der Waals surface area (Å²) in [6.45, 7) is 3.28. The van der Waals surface area contributed by atoms with Crippen molar-refractivity contribution in [3.63, 3.8) is 0 Å². The van der Waals surface area contributed by atoms with E-state index in [1.807, 2.05) is 37.3 Å². The Bertz CT molecular complexity index is 880. The third-order valence-electron chi connectivity index (χ3n) is 5.02. The molecular formula is C21H22N2O4. The number of anilines is 2. The van der Waals surface area contributed by atoms with Crippen molar-refractivity contribution in [2.75, 3.05) is 30.0 Å². The molecule has 4 rings (SSSR count). The van der Waals surface area contributed by atoms with Gasteiger partial charge in [0.25, 0.3) is 0 Å². The van der Waals surface area contributed by atoms with E-state index in [-0.39, 0.29) is 25.2 Å². The van der Waals surface area contributed by atoms with E-state index in [0.717, 1.165) is 36.4 Å². The van der Waals surface area contributed by atoms with Gasteiger partial charge in [0, 0.05) is 6.54 Å². The molecule has 27 heavy (non-hydrogen) atoms. The molecule has 0 bridgehead atoms. The fourth-order valence-electron chi connectivity index (χ4n) is 3.64. The number of para-hydroxylation sites is 1. The molecule has 6 heteroatoms. The Morgan fingerprint density at radius 2 is 2.07 bits per heavy atom. The molecule has 0 radical (unpaired) electrons. The Morgan fingerprint density at radius 3 is 2.93 bits per heavy atom. The molecule has 1 fully saturated rings. The van der Waals surface area contributed by atoms with Gasteiger partial charge in [0.15, 0.2) is 0 Å². The number of ether oxygens (including phenoxy) is 2. The van der Waals surface area contributed by atoms with Gasteiger partial charge in [-0.1, -0.05) is 18.2 Å². The van der Waals surface area contributed by atoms with Crippen LogP contribution in [-0.2, 0) is 9.53 Å². The topological polar surface area (TPSA) is 67.9 Å². The van der Waals surface area contributed by atoms with E-state index in [1.165, 1.54) is 0 Å². The highest BCUT2D eigenvalue weighted by atomic mass is 16.6. The largest absolute Gasteiger partial charge is 0.490 e. The van der Waals surface area contributed by atoms with Gasteiger partial charge in [-0.05, 0) is 49.6 Å². The Kier molecular flexibility index (Phi) is 4.71. The predicted molar refractivity (Wildman–Crippen MR) is 102 cm³/mol. The Morgan fingerprint density at radius 1 is 1.22 bits per heavy atom. The molecule has 6 nitrogen and oxygen atoms in total. The maximum absolute atomic E-state index is 12.3. The second kappa shape index (κ2) is 7.31. The number of nitrogens with one attached hydrogen (secondary N) is 1. The van der Waals surface area contributed by atoms with Gasteiger partial charge in [0.05, 0.1) is 16.9 Å². The van der Waals surface area contributed by atoms with Crippen molar-refractivity contribution in [2.24, 2.45) is 0 Å². The van der Waals surface area contributed by atoms with Gasteiger partial charge in [-0.3, -0.25) is 4.79 Å². The van der Waals surface area contributed by atoms with Gasteiger partial charge in [-0.25, -0.2) is 4.79 Å². The first-order valence-electron chi connectivity index (χ1n) is 9.20. The highest BCUT2D eigenvalue weighted by Crippen LogP contribution is 2.37. The van der Waals surface area contributed by atoms with Crippen LogP contribution >= 0.6 is 0 Å². The molecule has 0 spiro atoms. The monoisotopic (exact) mass is 366 g/mol. The van der Waals surface area contributed by atoms with Crippen LogP contribution in [0.25, 0.3) is 0 Å². The number of carbonyl (C=O) groups excluding carboxylic acids is 2. The average molecular weight is 366 g/mol. The van der Waals surface area contributed by atoms with Crippen LogP contribution in [0.1, 0.15) is 28.8 Å². The zero-order valence-electron chi connectivity index (χ0n) is 15.2. The lowest BCUT2D eigenvalue weighted by Crippen LogP contribution is -2.43. The number of benzene rings is 2. The molecule has 140 valence electrons. The molecule has 2 aliphatic rings. The van der Waals surface area contributed by atoms with Gasteiger partial charge < -0.3 is 19.7 Å². The quantitative estimate of drug-likeness (QED) is 0.650. The van der Waals surface area contributed by atoms with E-state index in [0.29, 0.717) is 11.3 Å². The van der Waals surface area contributed by atoms with E-state index in [1.54, 1.807) is 12.1 Å². The summed E-state index contributed by atoms with van der Waals surface area (Å²) >= 11 is 0. The van der Waals surface area contributed by atoms with E-state index in [2.05, 4.69) is 10.2 Å². The molecule has 1 saturated heterocycles. The number of nitrogens with zero attached hydrogens (tertiary/aromatic N) is 1. The number of rotatable bonds is 5. The molecule has 0 saturated carbocycles. The Balaban J connectivity index is 1.36. The highest BCUT2D eigenvalue weighted by Gasteiger charge is 2.36. The molecule has 2 aliphatic heterocycles. The zero-order valence-corrected chi connectivity index (χ0v) is 15.2. The minimum absolute atomic E-state index is 0.00264. The van der Waals surface area contributed by atoms with Crippen LogP contribution in [0.5, 0.6) is 5.75 Å². The van der Waals surface area contributed by atoms with Crippen molar-refractivity contribution in [3.05, 3.63) is 53.6 Å². The van der Waals surface area contributed by atoms with Crippen molar-refractivity contribution >= 4 is 23.3 Å². The van der Waals surface area contributed by atoms with Crippen molar-refractivity contribution in [3.8, 4) is 5.75 Å². The minimum atomic E-state index is -0.427. The predicted octanol–water partition coefficient (Wildman–Crippen LogP) is 3.15. The van der Waals surface area contributed by atoms with Gasteiger partial charge in [-0.2, -0.15) is 0 Å². The Hall–Kier alpha value is -3.02. The van der Waals surface area contributed by atoms with E-state index in [9.17, 15) is 9.59 Å². The summed E-state index contributed by atoms with van der Waals surface area (Å²) in [7, 11) is 0. The normalized spacial score (nSPS) is 17.7. The van der Waals surface area contributed by atoms with Crippen LogP contribution < -0.4 is 15.0 Å². The van der Waals surface area contributed by atoms with Crippen LogP contribution in [-0.4, -0.2) is 37.7 Å². The fourth-order valence-corrected chi connectivity index (χ4v) is 3.64. The fraction of sp³-hybridized carbons (Fsp3) is 0.333. The van der Waals surface area contributed by atoms with Crippen LogP contribution in [0, 0.1) is 6.92 Å². The maximum atomic E-state index is 12.3. The minimum Gasteiger partial charge on any atom is -0.490 e. The van der Waals surface area contributed by atoms with Gasteiger partial charge in [0.2, 0.25) is 5.91 Å². The first-order chi connectivity index (χ1) is 13.1. The summed E-state index contributed by atoms with van der Waals surface area (Å²) in [6, 6.07) is 12.9. The first kappa shape index (κ1) is 17.4.